The summed E-state index contributed by atoms with van der Waals surface area (Å²) >= 11 is 1.90. The van der Waals surface area contributed by atoms with Crippen LogP contribution in [-0.2, 0) is 6.54 Å². The highest BCUT2D eigenvalue weighted by atomic mass is 127. The Bertz CT molecular complexity index is 679. The Labute approximate surface area is 172 Å². The maximum absolute atomic E-state index is 5.27. The Kier molecular flexibility index (Phi) is 10.7. The first-order valence-corrected chi connectivity index (χ1v) is 9.66. The van der Waals surface area contributed by atoms with Crippen LogP contribution in [0.3, 0.4) is 0 Å². The number of aliphatic imine (C=N–C) groups is 1. The van der Waals surface area contributed by atoms with Gasteiger partial charge in [0.15, 0.2) is 5.96 Å². The van der Waals surface area contributed by atoms with Crippen LogP contribution < -0.4 is 15.4 Å². The van der Waals surface area contributed by atoms with Crippen LogP contribution >= 0.6 is 35.7 Å². The third-order valence-corrected chi connectivity index (χ3v) is 4.56. The van der Waals surface area contributed by atoms with Crippen LogP contribution in [0.2, 0.25) is 0 Å². The Balaban J connectivity index is 0.00000312. The number of methoxy groups -OCH3 is 1. The smallest absolute Gasteiger partial charge is 0.191 e. The molecule has 0 unspecified atom stereocenters. The molecule has 0 aliphatic carbocycles. The molecule has 0 radical (unpaired) electrons. The van der Waals surface area contributed by atoms with Gasteiger partial charge in [-0.25, -0.2) is 0 Å². The lowest BCUT2D eigenvalue weighted by Gasteiger charge is -2.12. The second-order valence-corrected chi connectivity index (χ2v) is 6.59. The highest BCUT2D eigenvalue weighted by Crippen LogP contribution is 2.21. The van der Waals surface area contributed by atoms with Crippen LogP contribution in [-0.4, -0.2) is 38.7 Å². The zero-order valence-corrected chi connectivity index (χ0v) is 18.3. The summed E-state index contributed by atoms with van der Waals surface area (Å²) in [6.45, 7) is 1.71. The van der Waals surface area contributed by atoms with E-state index in [0.29, 0.717) is 0 Å². The van der Waals surface area contributed by atoms with Crippen LogP contribution in [0.25, 0.3) is 10.8 Å². The molecule has 0 atom stereocenters. The lowest BCUT2D eigenvalue weighted by Crippen LogP contribution is -2.37. The lowest BCUT2D eigenvalue weighted by molar-refractivity contribution is 0.415. The van der Waals surface area contributed by atoms with Crippen molar-refractivity contribution >= 4 is 52.5 Å². The molecule has 6 heteroatoms. The molecular weight excluding hydrogens is 445 g/mol. The molecule has 0 bridgehead atoms. The number of rotatable bonds is 8. The molecule has 0 saturated carbocycles. The van der Waals surface area contributed by atoms with Crippen LogP contribution in [0.1, 0.15) is 18.4 Å². The molecule has 0 heterocycles. The Morgan fingerprint density at radius 3 is 2.56 bits per heavy atom. The van der Waals surface area contributed by atoms with Crippen molar-refractivity contribution in [2.24, 2.45) is 4.99 Å². The third-order valence-electron chi connectivity index (χ3n) is 3.86. The van der Waals surface area contributed by atoms with Gasteiger partial charge in [0.1, 0.15) is 5.75 Å². The van der Waals surface area contributed by atoms with E-state index in [9.17, 15) is 0 Å². The minimum Gasteiger partial charge on any atom is -0.497 e. The average Bonchev–Trinajstić information content (AvgIpc) is 2.63. The van der Waals surface area contributed by atoms with E-state index in [1.807, 2.05) is 24.9 Å². The van der Waals surface area contributed by atoms with E-state index in [0.717, 1.165) is 24.8 Å². The number of nitrogens with zero attached hydrogens (tertiary/aromatic N) is 1. The van der Waals surface area contributed by atoms with E-state index in [2.05, 4.69) is 52.2 Å². The molecule has 138 valence electrons. The van der Waals surface area contributed by atoms with Gasteiger partial charge in [-0.15, -0.1) is 24.0 Å². The minimum atomic E-state index is 0. The van der Waals surface area contributed by atoms with E-state index in [1.165, 1.54) is 34.9 Å². The Morgan fingerprint density at radius 1 is 1.08 bits per heavy atom. The van der Waals surface area contributed by atoms with Crippen molar-refractivity contribution in [3.8, 4) is 5.75 Å². The molecule has 25 heavy (non-hydrogen) atoms. The van der Waals surface area contributed by atoms with Crippen LogP contribution in [0.5, 0.6) is 5.75 Å². The second-order valence-electron chi connectivity index (χ2n) is 5.60. The molecule has 2 aromatic carbocycles. The second kappa shape index (κ2) is 12.2. The van der Waals surface area contributed by atoms with Gasteiger partial charge in [-0.1, -0.05) is 18.2 Å². The molecule has 2 aromatic rings. The topological polar surface area (TPSA) is 45.7 Å². The summed E-state index contributed by atoms with van der Waals surface area (Å²) in [6, 6.07) is 12.6. The number of halogens is 1. The number of thioether (sulfide) groups is 1. The maximum Gasteiger partial charge on any atom is 0.191 e. The van der Waals surface area contributed by atoms with Crippen molar-refractivity contribution in [3.05, 3.63) is 42.0 Å². The molecule has 0 amide bonds. The quantitative estimate of drug-likeness (QED) is 0.260. The van der Waals surface area contributed by atoms with Gasteiger partial charge in [0.25, 0.3) is 0 Å². The van der Waals surface area contributed by atoms with E-state index in [-0.39, 0.29) is 24.0 Å². The average molecular weight is 473 g/mol. The number of unbranched alkanes of at least 4 members (excludes halogenated alkanes) is 1. The molecule has 0 fully saturated rings. The fourth-order valence-corrected chi connectivity index (χ4v) is 2.99. The molecule has 0 aromatic heterocycles. The van der Waals surface area contributed by atoms with Gasteiger partial charge >= 0.3 is 0 Å². The zero-order chi connectivity index (χ0) is 17.2. The first-order chi connectivity index (χ1) is 11.8. The minimum absolute atomic E-state index is 0. The van der Waals surface area contributed by atoms with Gasteiger partial charge in [0.05, 0.1) is 7.11 Å². The van der Waals surface area contributed by atoms with Crippen LogP contribution in [0, 0.1) is 0 Å². The predicted octanol–water partition coefficient (Wildman–Crippen LogP) is 4.27. The largest absolute Gasteiger partial charge is 0.497 e. The van der Waals surface area contributed by atoms with E-state index in [4.69, 9.17) is 4.74 Å². The summed E-state index contributed by atoms with van der Waals surface area (Å²) in [5, 5.41) is 9.14. The number of guanidine groups is 1. The standard InChI is InChI=1S/C19H27N3OS.HI/c1-20-19(21-10-4-5-11-24-3)22-14-15-6-7-17-13-18(23-2)9-8-16(17)12-15;/h6-9,12-13H,4-5,10-11,14H2,1-3H3,(H2,20,21,22);1H. The number of ether oxygens (including phenoxy) is 1. The zero-order valence-electron chi connectivity index (χ0n) is 15.2. The molecule has 0 aliphatic rings. The molecule has 4 nitrogen and oxygen atoms in total. The van der Waals surface area contributed by atoms with Gasteiger partial charge in [-0.2, -0.15) is 11.8 Å². The summed E-state index contributed by atoms with van der Waals surface area (Å²) < 4.78 is 5.27. The molecule has 0 aliphatic heterocycles. The molecule has 2 N–H and O–H groups in total. The summed E-state index contributed by atoms with van der Waals surface area (Å²) in [7, 11) is 3.50. The summed E-state index contributed by atoms with van der Waals surface area (Å²) in [5.41, 5.74) is 1.23. The first kappa shape index (κ1) is 21.9. The fraction of sp³-hybridized carbons (Fsp3) is 0.421. The van der Waals surface area contributed by atoms with Crippen molar-refractivity contribution in [3.63, 3.8) is 0 Å². The van der Waals surface area contributed by atoms with E-state index in [1.54, 1.807) is 7.11 Å². The van der Waals surface area contributed by atoms with E-state index >= 15 is 0 Å². The summed E-state index contributed by atoms with van der Waals surface area (Å²) in [5.74, 6) is 2.96. The van der Waals surface area contributed by atoms with E-state index < -0.39 is 0 Å². The Morgan fingerprint density at radius 2 is 1.84 bits per heavy atom. The number of nitrogens with one attached hydrogen (secondary N) is 2. The summed E-state index contributed by atoms with van der Waals surface area (Å²) in [4.78, 5) is 4.28. The molecular formula is C19H28IN3OS. The third kappa shape index (κ3) is 7.32. The number of hydrogen-bond donors (Lipinski definition) is 2. The SMILES string of the molecule is CN=C(NCCCCSC)NCc1ccc2cc(OC)ccc2c1.I. The fourth-order valence-electron chi connectivity index (χ4n) is 2.49. The van der Waals surface area contributed by atoms with Gasteiger partial charge in [0, 0.05) is 20.1 Å². The predicted molar refractivity (Wildman–Crippen MR) is 122 cm³/mol. The van der Waals surface area contributed by atoms with Crippen molar-refractivity contribution < 1.29 is 4.74 Å². The number of fused-ring (bicyclic) bond motifs is 1. The number of benzene rings is 2. The van der Waals surface area contributed by atoms with Gasteiger partial charge < -0.3 is 15.4 Å². The van der Waals surface area contributed by atoms with Gasteiger partial charge in [-0.3, -0.25) is 4.99 Å². The van der Waals surface area contributed by atoms with Crippen LogP contribution in [0.15, 0.2) is 41.4 Å². The highest BCUT2D eigenvalue weighted by molar-refractivity contribution is 14.0. The van der Waals surface area contributed by atoms with Crippen molar-refractivity contribution in [1.82, 2.24) is 10.6 Å². The van der Waals surface area contributed by atoms with Crippen molar-refractivity contribution in [1.29, 1.82) is 0 Å². The molecule has 0 spiro atoms. The van der Waals surface area contributed by atoms with Crippen LogP contribution in [0.4, 0.5) is 0 Å². The lowest BCUT2D eigenvalue weighted by atomic mass is 10.1. The monoisotopic (exact) mass is 473 g/mol. The first-order valence-electron chi connectivity index (χ1n) is 8.27. The van der Waals surface area contributed by atoms with Crippen molar-refractivity contribution in [2.75, 3.05) is 32.7 Å². The van der Waals surface area contributed by atoms with Gasteiger partial charge in [0.2, 0.25) is 0 Å². The highest BCUT2D eigenvalue weighted by Gasteiger charge is 2.01. The number of hydrogen-bond acceptors (Lipinski definition) is 3. The Hall–Kier alpha value is -1.15. The molecule has 0 saturated heterocycles. The van der Waals surface area contributed by atoms with Gasteiger partial charge in [-0.05, 0) is 59.4 Å². The summed E-state index contributed by atoms with van der Waals surface area (Å²) in [6.07, 6.45) is 4.55. The normalized spacial score (nSPS) is 11.1. The van der Waals surface area contributed by atoms with Crippen molar-refractivity contribution in [2.45, 2.75) is 19.4 Å². The maximum atomic E-state index is 5.27. The molecule has 2 rings (SSSR count).